The Bertz CT molecular complexity index is 384. The Morgan fingerprint density at radius 3 is 2.61 bits per heavy atom. The third-order valence-electron chi connectivity index (χ3n) is 1.69. The summed E-state index contributed by atoms with van der Waals surface area (Å²) in [6.45, 7) is 10.6. The molecule has 18 heavy (non-hydrogen) atoms. The summed E-state index contributed by atoms with van der Waals surface area (Å²) in [5.74, 6) is 2.08. The second-order valence-corrected chi connectivity index (χ2v) is 6.06. The van der Waals surface area contributed by atoms with Crippen LogP contribution in [0.2, 0.25) is 0 Å². The van der Waals surface area contributed by atoms with Gasteiger partial charge in [-0.15, -0.1) is 6.58 Å². The monoisotopic (exact) mass is 285 g/mol. The van der Waals surface area contributed by atoms with Crippen molar-refractivity contribution < 1.29 is 0 Å². The summed E-state index contributed by atoms with van der Waals surface area (Å²) in [6.07, 6.45) is 1.86. The Morgan fingerprint density at radius 2 is 2.00 bits per heavy atom. The van der Waals surface area contributed by atoms with Gasteiger partial charge < -0.3 is 10.6 Å². The number of hydrogen-bond acceptors (Lipinski definition) is 7. The van der Waals surface area contributed by atoms with Gasteiger partial charge in [0.15, 0.2) is 0 Å². The maximum atomic E-state index is 4.36. The van der Waals surface area contributed by atoms with Crippen molar-refractivity contribution in [2.24, 2.45) is 0 Å². The van der Waals surface area contributed by atoms with Crippen LogP contribution in [0.15, 0.2) is 17.8 Å². The van der Waals surface area contributed by atoms with Crippen molar-refractivity contribution in [3.8, 4) is 0 Å². The summed E-state index contributed by atoms with van der Waals surface area (Å²) in [5.41, 5.74) is 0. The number of anilines is 2. The molecule has 100 valence electrons. The molecular weight excluding hydrogens is 266 g/mol. The molecule has 0 amide bonds. The van der Waals surface area contributed by atoms with Gasteiger partial charge in [0, 0.05) is 18.3 Å². The molecule has 0 aromatic carbocycles. The average molecular weight is 285 g/mol. The van der Waals surface area contributed by atoms with Crippen molar-refractivity contribution in [3.05, 3.63) is 12.7 Å². The maximum Gasteiger partial charge on any atom is 0.228 e. The first-order chi connectivity index (χ1) is 8.65. The van der Waals surface area contributed by atoms with Gasteiger partial charge in [-0.25, -0.2) is 0 Å². The lowest BCUT2D eigenvalue weighted by Gasteiger charge is -2.10. The molecule has 1 heterocycles. The Hall–Kier alpha value is -0.950. The zero-order chi connectivity index (χ0) is 13.4. The number of rotatable bonds is 8. The first-order valence-electron chi connectivity index (χ1n) is 5.82. The zero-order valence-electron chi connectivity index (χ0n) is 10.9. The van der Waals surface area contributed by atoms with E-state index in [9.17, 15) is 0 Å². The van der Waals surface area contributed by atoms with Crippen LogP contribution in [0, 0.1) is 0 Å². The molecular formula is C11H19N5S2. The van der Waals surface area contributed by atoms with Crippen LogP contribution >= 0.6 is 21.6 Å². The van der Waals surface area contributed by atoms with Gasteiger partial charge in [0.25, 0.3) is 0 Å². The zero-order valence-corrected chi connectivity index (χ0v) is 12.6. The van der Waals surface area contributed by atoms with E-state index in [4.69, 9.17) is 0 Å². The predicted molar refractivity (Wildman–Crippen MR) is 81.3 cm³/mol. The molecule has 0 fully saturated rings. The van der Waals surface area contributed by atoms with E-state index in [0.29, 0.717) is 23.1 Å². The Labute approximate surface area is 116 Å². The van der Waals surface area contributed by atoms with Gasteiger partial charge >= 0.3 is 0 Å². The molecule has 1 aromatic rings. The van der Waals surface area contributed by atoms with Gasteiger partial charge in [0.2, 0.25) is 17.1 Å². The van der Waals surface area contributed by atoms with Crippen LogP contribution in [0.1, 0.15) is 20.8 Å². The molecule has 0 spiro atoms. The predicted octanol–water partition coefficient (Wildman–Crippen LogP) is 3.05. The minimum atomic E-state index is 0.292. The number of nitrogens with zero attached hydrogens (tertiary/aromatic N) is 3. The minimum Gasteiger partial charge on any atom is -0.354 e. The van der Waals surface area contributed by atoms with Crippen LogP contribution < -0.4 is 10.6 Å². The van der Waals surface area contributed by atoms with E-state index in [2.05, 4.69) is 46.0 Å². The molecule has 2 N–H and O–H groups in total. The Morgan fingerprint density at radius 1 is 1.28 bits per heavy atom. The van der Waals surface area contributed by atoms with Gasteiger partial charge in [-0.1, -0.05) is 16.9 Å². The quantitative estimate of drug-likeness (QED) is 0.432. The molecule has 1 aromatic heterocycles. The van der Waals surface area contributed by atoms with Gasteiger partial charge in [-0.3, -0.25) is 0 Å². The van der Waals surface area contributed by atoms with Crippen molar-refractivity contribution >= 4 is 33.5 Å². The summed E-state index contributed by atoms with van der Waals surface area (Å²) < 4.78 is 0. The molecule has 0 aliphatic rings. The number of hydrogen-bond donors (Lipinski definition) is 2. The Balaban J connectivity index is 2.79. The molecule has 5 nitrogen and oxygen atoms in total. The second kappa shape index (κ2) is 8.20. The van der Waals surface area contributed by atoms with E-state index in [1.54, 1.807) is 10.8 Å². The molecule has 0 aliphatic heterocycles. The van der Waals surface area contributed by atoms with Crippen LogP contribution in [0.25, 0.3) is 0 Å². The highest BCUT2D eigenvalue weighted by atomic mass is 33.1. The number of nitrogens with one attached hydrogen (secondary N) is 2. The SMILES string of the molecule is C=CCSSc1nc(NCC)nc(NC(C)C)n1. The number of aromatic nitrogens is 3. The standard InChI is InChI=1S/C11H19N5S2/c1-5-7-17-18-11-15-9(12-6-2)14-10(16-11)13-8(3)4/h5,8H,1,6-7H2,2-4H3,(H2,12,13,14,15,16). The van der Waals surface area contributed by atoms with Crippen LogP contribution in [0.5, 0.6) is 0 Å². The molecule has 0 unspecified atom stereocenters. The topological polar surface area (TPSA) is 62.7 Å². The van der Waals surface area contributed by atoms with Gasteiger partial charge in [-0.2, -0.15) is 15.0 Å². The van der Waals surface area contributed by atoms with E-state index in [1.165, 1.54) is 10.8 Å². The molecule has 0 radical (unpaired) electrons. The van der Waals surface area contributed by atoms with Crippen molar-refractivity contribution in [3.63, 3.8) is 0 Å². The van der Waals surface area contributed by atoms with E-state index in [-0.39, 0.29) is 0 Å². The largest absolute Gasteiger partial charge is 0.354 e. The highest BCUT2D eigenvalue weighted by Gasteiger charge is 2.07. The fourth-order valence-electron chi connectivity index (χ4n) is 1.09. The fraction of sp³-hybridized carbons (Fsp3) is 0.545. The molecule has 0 saturated heterocycles. The first-order valence-corrected chi connectivity index (χ1v) is 8.14. The lowest BCUT2D eigenvalue weighted by molar-refractivity contribution is 0.836. The van der Waals surface area contributed by atoms with Crippen molar-refractivity contribution in [2.45, 2.75) is 32.0 Å². The molecule has 1 rings (SSSR count). The smallest absolute Gasteiger partial charge is 0.228 e. The van der Waals surface area contributed by atoms with Crippen LogP contribution in [0.3, 0.4) is 0 Å². The normalized spacial score (nSPS) is 10.4. The van der Waals surface area contributed by atoms with Crippen LogP contribution in [-0.4, -0.2) is 33.3 Å². The highest BCUT2D eigenvalue weighted by molar-refractivity contribution is 8.76. The van der Waals surface area contributed by atoms with E-state index >= 15 is 0 Å². The molecule has 0 aliphatic carbocycles. The van der Waals surface area contributed by atoms with Crippen molar-refractivity contribution in [1.29, 1.82) is 0 Å². The fourth-order valence-corrected chi connectivity index (χ4v) is 2.64. The molecule has 0 saturated carbocycles. The third-order valence-corrected chi connectivity index (χ3v) is 3.72. The average Bonchev–Trinajstić information content (AvgIpc) is 2.28. The third kappa shape index (κ3) is 5.59. The summed E-state index contributed by atoms with van der Waals surface area (Å²) >= 11 is 0. The minimum absolute atomic E-state index is 0.292. The van der Waals surface area contributed by atoms with Crippen molar-refractivity contribution in [1.82, 2.24) is 15.0 Å². The second-order valence-electron chi connectivity index (χ2n) is 3.75. The molecule has 0 atom stereocenters. The molecule has 7 heteroatoms. The van der Waals surface area contributed by atoms with E-state index in [0.717, 1.165) is 12.3 Å². The first kappa shape index (κ1) is 15.1. The van der Waals surface area contributed by atoms with E-state index < -0.39 is 0 Å². The summed E-state index contributed by atoms with van der Waals surface area (Å²) in [7, 11) is 3.18. The summed E-state index contributed by atoms with van der Waals surface area (Å²) in [5, 5.41) is 7.00. The van der Waals surface area contributed by atoms with Gasteiger partial charge in [0.1, 0.15) is 0 Å². The highest BCUT2D eigenvalue weighted by Crippen LogP contribution is 2.29. The molecule has 0 bridgehead atoms. The summed E-state index contributed by atoms with van der Waals surface area (Å²) in [4.78, 5) is 13.0. The van der Waals surface area contributed by atoms with E-state index in [1.807, 2.05) is 13.0 Å². The van der Waals surface area contributed by atoms with Crippen LogP contribution in [0.4, 0.5) is 11.9 Å². The Kier molecular flexibility index (Phi) is 6.89. The van der Waals surface area contributed by atoms with Crippen LogP contribution in [-0.2, 0) is 0 Å². The lowest BCUT2D eigenvalue weighted by Crippen LogP contribution is -2.15. The van der Waals surface area contributed by atoms with Gasteiger partial charge in [0.05, 0.1) is 0 Å². The van der Waals surface area contributed by atoms with Gasteiger partial charge in [-0.05, 0) is 31.6 Å². The van der Waals surface area contributed by atoms with Crippen molar-refractivity contribution in [2.75, 3.05) is 22.9 Å². The maximum absolute atomic E-state index is 4.36. The summed E-state index contributed by atoms with van der Waals surface area (Å²) in [6, 6.07) is 0.292. The lowest BCUT2D eigenvalue weighted by atomic mass is 10.4.